The third kappa shape index (κ3) is 2.73. The molecule has 1 N–H and O–H groups in total. The van der Waals surface area contributed by atoms with E-state index in [4.69, 9.17) is 0 Å². The van der Waals surface area contributed by atoms with Crippen LogP contribution in [0.5, 0.6) is 0 Å². The second-order valence-corrected chi connectivity index (χ2v) is 6.04. The van der Waals surface area contributed by atoms with Gasteiger partial charge in [0, 0.05) is 32.9 Å². The Balaban J connectivity index is 2.31. The summed E-state index contributed by atoms with van der Waals surface area (Å²) >= 11 is 0. The Morgan fingerprint density at radius 2 is 1.62 bits per heavy atom. The van der Waals surface area contributed by atoms with Gasteiger partial charge < -0.3 is 9.88 Å². The number of H-pyrrole nitrogens is 1. The lowest BCUT2D eigenvalue weighted by Gasteiger charge is -2.21. The number of aromatic amines is 1. The van der Waals surface area contributed by atoms with Gasteiger partial charge in [-0.1, -0.05) is 12.1 Å². The van der Waals surface area contributed by atoms with E-state index in [1.54, 1.807) is 0 Å². The van der Waals surface area contributed by atoms with E-state index in [0.717, 1.165) is 23.3 Å². The molecule has 2 aromatic heterocycles. The third-order valence-electron chi connectivity index (χ3n) is 4.61. The highest BCUT2D eigenvalue weighted by atomic mass is 16.2. The third-order valence-corrected chi connectivity index (χ3v) is 4.61. The fourth-order valence-corrected chi connectivity index (χ4v) is 3.12. The summed E-state index contributed by atoms with van der Waals surface area (Å²) < 4.78 is 2.22. The van der Waals surface area contributed by atoms with Crippen LogP contribution in [0.1, 0.15) is 13.8 Å². The molecule has 0 saturated heterocycles. The van der Waals surface area contributed by atoms with Crippen LogP contribution in [0.2, 0.25) is 0 Å². The van der Waals surface area contributed by atoms with Crippen molar-refractivity contribution in [2.45, 2.75) is 13.8 Å². The van der Waals surface area contributed by atoms with Crippen molar-refractivity contribution < 1.29 is 0 Å². The molecule has 8 heteroatoms. The Morgan fingerprint density at radius 1 is 1.00 bits per heavy atom. The van der Waals surface area contributed by atoms with Gasteiger partial charge in [0.2, 0.25) is 0 Å². The summed E-state index contributed by atoms with van der Waals surface area (Å²) in [6, 6.07) is 7.59. The second kappa shape index (κ2) is 6.62. The molecular formula is C18H21N5O3. The van der Waals surface area contributed by atoms with Gasteiger partial charge in [0.05, 0.1) is 5.69 Å². The van der Waals surface area contributed by atoms with E-state index in [1.807, 2.05) is 24.3 Å². The maximum atomic E-state index is 12.7. The zero-order chi connectivity index (χ0) is 19.0. The van der Waals surface area contributed by atoms with E-state index in [1.165, 1.54) is 18.7 Å². The van der Waals surface area contributed by atoms with E-state index in [0.29, 0.717) is 11.3 Å². The average Bonchev–Trinajstić information content (AvgIpc) is 2.65. The number of hydrogen-bond donors (Lipinski definition) is 1. The van der Waals surface area contributed by atoms with Crippen molar-refractivity contribution in [2.24, 2.45) is 14.1 Å². The molecule has 1 aromatic carbocycles. The minimum absolute atomic E-state index is 0.0738. The topological polar surface area (TPSA) is 93.0 Å². The van der Waals surface area contributed by atoms with Crippen molar-refractivity contribution >= 4 is 16.7 Å². The fraction of sp³-hybridized carbons (Fsp3) is 0.333. The lowest BCUT2D eigenvalue weighted by Crippen LogP contribution is -2.38. The molecule has 8 nitrogen and oxygen atoms in total. The lowest BCUT2D eigenvalue weighted by atomic mass is 10.1. The number of aryl methyl sites for hydroxylation is 1. The quantitative estimate of drug-likeness (QED) is 0.748. The van der Waals surface area contributed by atoms with Gasteiger partial charge in [0.15, 0.2) is 5.65 Å². The molecule has 0 saturated carbocycles. The first-order valence-electron chi connectivity index (χ1n) is 8.44. The molecule has 0 aliphatic rings. The normalized spacial score (nSPS) is 11.1. The van der Waals surface area contributed by atoms with Crippen molar-refractivity contribution in [3.05, 3.63) is 55.6 Å². The van der Waals surface area contributed by atoms with Crippen LogP contribution < -0.4 is 21.8 Å². The molecule has 136 valence electrons. The van der Waals surface area contributed by atoms with Gasteiger partial charge in [-0.15, -0.1) is 0 Å². The molecule has 26 heavy (non-hydrogen) atoms. The molecular weight excluding hydrogens is 334 g/mol. The van der Waals surface area contributed by atoms with Crippen molar-refractivity contribution in [2.75, 3.05) is 18.0 Å². The predicted octanol–water partition coefficient (Wildman–Crippen LogP) is 0.834. The Labute approximate surface area is 149 Å². The average molecular weight is 355 g/mol. The molecule has 0 fully saturated rings. The van der Waals surface area contributed by atoms with Crippen molar-refractivity contribution in [1.82, 2.24) is 19.1 Å². The summed E-state index contributed by atoms with van der Waals surface area (Å²) in [4.78, 5) is 45.4. The molecule has 2 heterocycles. The second-order valence-electron chi connectivity index (χ2n) is 6.04. The first-order chi connectivity index (χ1) is 12.4. The fourth-order valence-electron chi connectivity index (χ4n) is 3.12. The van der Waals surface area contributed by atoms with Gasteiger partial charge >= 0.3 is 11.4 Å². The summed E-state index contributed by atoms with van der Waals surface area (Å²) in [6.07, 6.45) is 0. The molecule has 0 bridgehead atoms. The van der Waals surface area contributed by atoms with E-state index < -0.39 is 16.9 Å². The van der Waals surface area contributed by atoms with Crippen LogP contribution in [0.15, 0.2) is 38.6 Å². The number of hydrogen-bond acceptors (Lipinski definition) is 5. The number of nitrogens with zero attached hydrogens (tertiary/aromatic N) is 4. The molecule has 0 amide bonds. The zero-order valence-electron chi connectivity index (χ0n) is 15.2. The minimum atomic E-state index is -0.608. The van der Waals surface area contributed by atoms with Crippen LogP contribution in [-0.2, 0) is 14.1 Å². The number of rotatable bonds is 4. The van der Waals surface area contributed by atoms with Crippen molar-refractivity contribution in [1.29, 1.82) is 0 Å². The summed E-state index contributed by atoms with van der Waals surface area (Å²) in [5.74, 6) is 0. The van der Waals surface area contributed by atoms with Gasteiger partial charge in [-0.25, -0.2) is 9.59 Å². The van der Waals surface area contributed by atoms with E-state index in [2.05, 4.69) is 28.7 Å². The molecule has 0 aliphatic carbocycles. The number of aromatic nitrogens is 4. The van der Waals surface area contributed by atoms with Crippen LogP contribution >= 0.6 is 0 Å². The van der Waals surface area contributed by atoms with Crippen LogP contribution in [0.25, 0.3) is 22.3 Å². The first kappa shape index (κ1) is 17.7. The minimum Gasteiger partial charge on any atom is -0.372 e. The monoisotopic (exact) mass is 355 g/mol. The number of anilines is 1. The Bertz CT molecular complexity index is 1130. The highest BCUT2D eigenvalue weighted by Crippen LogP contribution is 2.24. The number of benzene rings is 1. The maximum absolute atomic E-state index is 12.7. The van der Waals surface area contributed by atoms with Gasteiger partial charge in [0.25, 0.3) is 5.56 Å². The standard InChI is InChI=1S/C18H21N5O3/c1-5-23(6-2)12-9-7-11(8-10-12)14-13-15(20-17(25)19-14)21(3)18(26)22(4)16(13)24/h7-10H,5-6H2,1-4H3,(H,19,20,25). The molecule has 0 radical (unpaired) electrons. The van der Waals surface area contributed by atoms with Gasteiger partial charge in [-0.2, -0.15) is 4.98 Å². The molecule has 3 rings (SSSR count). The SMILES string of the molecule is CCN(CC)c1ccc(-c2[nH]c(=O)nc3c2c(=O)n(C)c(=O)n3C)cc1. The van der Waals surface area contributed by atoms with Crippen LogP contribution in [-0.4, -0.2) is 32.2 Å². The van der Waals surface area contributed by atoms with E-state index >= 15 is 0 Å². The van der Waals surface area contributed by atoms with Gasteiger partial charge in [-0.3, -0.25) is 13.9 Å². The predicted molar refractivity (Wildman–Crippen MR) is 102 cm³/mol. The number of nitrogens with one attached hydrogen (secondary N) is 1. The summed E-state index contributed by atoms with van der Waals surface area (Å²) in [5.41, 5.74) is 0.551. The summed E-state index contributed by atoms with van der Waals surface area (Å²) in [6.45, 7) is 5.92. The maximum Gasteiger partial charge on any atom is 0.347 e. The molecule has 0 aliphatic heterocycles. The Morgan fingerprint density at radius 3 is 2.19 bits per heavy atom. The molecule has 0 atom stereocenters. The highest BCUT2D eigenvalue weighted by molar-refractivity contribution is 5.89. The molecule has 0 unspecified atom stereocenters. The van der Waals surface area contributed by atoms with Crippen LogP contribution in [0, 0.1) is 0 Å². The summed E-state index contributed by atoms with van der Waals surface area (Å²) in [7, 11) is 2.90. The van der Waals surface area contributed by atoms with Crippen LogP contribution in [0.4, 0.5) is 5.69 Å². The lowest BCUT2D eigenvalue weighted by molar-refractivity contribution is 0.705. The van der Waals surface area contributed by atoms with Gasteiger partial charge in [-0.05, 0) is 31.5 Å². The van der Waals surface area contributed by atoms with Crippen LogP contribution in [0.3, 0.4) is 0 Å². The highest BCUT2D eigenvalue weighted by Gasteiger charge is 2.16. The zero-order valence-corrected chi connectivity index (χ0v) is 15.2. The Hall–Kier alpha value is -3.16. The summed E-state index contributed by atoms with van der Waals surface area (Å²) in [5, 5.41) is 0.213. The molecule has 3 aromatic rings. The molecule has 0 spiro atoms. The van der Waals surface area contributed by atoms with Crippen molar-refractivity contribution in [3.8, 4) is 11.3 Å². The largest absolute Gasteiger partial charge is 0.372 e. The van der Waals surface area contributed by atoms with E-state index in [9.17, 15) is 14.4 Å². The Kier molecular flexibility index (Phi) is 4.50. The smallest absolute Gasteiger partial charge is 0.347 e. The van der Waals surface area contributed by atoms with Gasteiger partial charge in [0.1, 0.15) is 5.39 Å². The first-order valence-corrected chi connectivity index (χ1v) is 8.44. The number of fused-ring (bicyclic) bond motifs is 1. The van der Waals surface area contributed by atoms with E-state index in [-0.39, 0.29) is 11.0 Å². The van der Waals surface area contributed by atoms with Crippen molar-refractivity contribution in [3.63, 3.8) is 0 Å².